The number of piperidine rings is 1. The minimum absolute atomic E-state index is 0.541. The van der Waals surface area contributed by atoms with Gasteiger partial charge in [-0.15, -0.1) is 11.3 Å². The molecule has 1 aromatic rings. The van der Waals surface area contributed by atoms with Gasteiger partial charge in [0.15, 0.2) is 5.96 Å². The monoisotopic (exact) mass is 294 g/mol. The first kappa shape index (κ1) is 15.2. The van der Waals surface area contributed by atoms with Crippen molar-refractivity contribution in [2.45, 2.75) is 38.6 Å². The standard InChI is InChI=1S/C15H26N4S/c1-3-4-9-17-15(16-2)18-13-7-10-19(11-8-13)14-6-5-12-20-14/h5-6,12-13H,3-4,7-11H2,1-2H3,(H2,16,17,18). The number of hydrogen-bond acceptors (Lipinski definition) is 3. The van der Waals surface area contributed by atoms with Crippen LogP contribution in [0.5, 0.6) is 0 Å². The lowest BCUT2D eigenvalue weighted by atomic mass is 10.1. The number of unbranched alkanes of at least 4 members (excludes halogenated alkanes) is 1. The van der Waals surface area contributed by atoms with Crippen LogP contribution in [0.15, 0.2) is 22.5 Å². The SMILES string of the molecule is CCCCNC(=NC)NC1CCN(c2cccs2)CC1. The summed E-state index contributed by atoms with van der Waals surface area (Å²) in [6.07, 6.45) is 4.75. The normalized spacial score (nSPS) is 17.3. The average Bonchev–Trinajstić information content (AvgIpc) is 3.01. The third kappa shape index (κ3) is 4.40. The Morgan fingerprint density at radius 1 is 1.45 bits per heavy atom. The van der Waals surface area contributed by atoms with Crippen LogP contribution in [-0.4, -0.2) is 38.7 Å². The highest BCUT2D eigenvalue weighted by Crippen LogP contribution is 2.24. The van der Waals surface area contributed by atoms with E-state index in [0.29, 0.717) is 6.04 Å². The number of nitrogens with zero attached hydrogens (tertiary/aromatic N) is 2. The molecule has 1 fully saturated rings. The molecule has 2 N–H and O–H groups in total. The van der Waals surface area contributed by atoms with Crippen LogP contribution in [0.3, 0.4) is 0 Å². The van der Waals surface area contributed by atoms with E-state index < -0.39 is 0 Å². The molecule has 1 saturated heterocycles. The van der Waals surface area contributed by atoms with Gasteiger partial charge in [0.25, 0.3) is 0 Å². The molecule has 0 unspecified atom stereocenters. The Morgan fingerprint density at radius 2 is 2.25 bits per heavy atom. The van der Waals surface area contributed by atoms with Gasteiger partial charge in [0.05, 0.1) is 5.00 Å². The molecule has 1 aromatic heterocycles. The fourth-order valence-corrected chi connectivity index (χ4v) is 3.25. The number of guanidine groups is 1. The fraction of sp³-hybridized carbons (Fsp3) is 0.667. The minimum Gasteiger partial charge on any atom is -0.363 e. The zero-order valence-electron chi connectivity index (χ0n) is 12.6. The molecule has 0 bridgehead atoms. The smallest absolute Gasteiger partial charge is 0.191 e. The van der Waals surface area contributed by atoms with Crippen LogP contribution < -0.4 is 15.5 Å². The van der Waals surface area contributed by atoms with Crippen molar-refractivity contribution in [3.8, 4) is 0 Å². The molecule has 1 aliphatic rings. The Bertz CT molecular complexity index is 394. The van der Waals surface area contributed by atoms with Gasteiger partial charge in [0, 0.05) is 32.7 Å². The zero-order valence-corrected chi connectivity index (χ0v) is 13.4. The summed E-state index contributed by atoms with van der Waals surface area (Å²) in [5.41, 5.74) is 0. The molecular weight excluding hydrogens is 268 g/mol. The highest BCUT2D eigenvalue weighted by molar-refractivity contribution is 7.14. The van der Waals surface area contributed by atoms with E-state index in [-0.39, 0.29) is 0 Å². The number of anilines is 1. The lowest BCUT2D eigenvalue weighted by molar-refractivity contribution is 0.462. The van der Waals surface area contributed by atoms with Gasteiger partial charge >= 0.3 is 0 Å². The van der Waals surface area contributed by atoms with E-state index in [1.54, 1.807) is 0 Å². The van der Waals surface area contributed by atoms with Gasteiger partial charge in [0.1, 0.15) is 0 Å². The van der Waals surface area contributed by atoms with Crippen molar-refractivity contribution in [1.29, 1.82) is 0 Å². The summed E-state index contributed by atoms with van der Waals surface area (Å²) in [5.74, 6) is 0.952. The van der Waals surface area contributed by atoms with E-state index in [9.17, 15) is 0 Å². The number of rotatable bonds is 5. The second-order valence-corrected chi connectivity index (χ2v) is 6.14. The van der Waals surface area contributed by atoms with Gasteiger partial charge in [-0.05, 0) is 36.8 Å². The molecule has 0 atom stereocenters. The van der Waals surface area contributed by atoms with Crippen molar-refractivity contribution < 1.29 is 0 Å². The summed E-state index contributed by atoms with van der Waals surface area (Å²) in [5, 5.41) is 10.5. The molecule has 2 rings (SSSR count). The predicted molar refractivity (Wildman–Crippen MR) is 89.0 cm³/mol. The predicted octanol–water partition coefficient (Wildman–Crippen LogP) is 2.68. The maximum atomic E-state index is 4.31. The quantitative estimate of drug-likeness (QED) is 0.498. The summed E-state index contributed by atoms with van der Waals surface area (Å²) in [6, 6.07) is 4.88. The van der Waals surface area contributed by atoms with E-state index in [0.717, 1.165) is 25.6 Å². The highest BCUT2D eigenvalue weighted by Gasteiger charge is 2.20. The van der Waals surface area contributed by atoms with Crippen molar-refractivity contribution in [3.05, 3.63) is 17.5 Å². The maximum Gasteiger partial charge on any atom is 0.191 e. The first-order valence-electron chi connectivity index (χ1n) is 7.59. The molecule has 0 radical (unpaired) electrons. The second-order valence-electron chi connectivity index (χ2n) is 5.21. The Labute approximate surface area is 126 Å². The first-order valence-corrected chi connectivity index (χ1v) is 8.47. The summed E-state index contributed by atoms with van der Waals surface area (Å²) in [7, 11) is 1.85. The summed E-state index contributed by atoms with van der Waals surface area (Å²) in [6.45, 7) is 5.47. The molecule has 0 saturated carbocycles. The minimum atomic E-state index is 0.541. The average molecular weight is 294 g/mol. The third-order valence-electron chi connectivity index (χ3n) is 3.70. The second kappa shape index (κ2) is 8.15. The van der Waals surface area contributed by atoms with Crippen molar-refractivity contribution in [2.24, 2.45) is 4.99 Å². The third-order valence-corrected chi connectivity index (χ3v) is 4.63. The van der Waals surface area contributed by atoms with Crippen LogP contribution >= 0.6 is 11.3 Å². The molecule has 0 aliphatic carbocycles. The van der Waals surface area contributed by atoms with E-state index in [1.807, 2.05) is 18.4 Å². The van der Waals surface area contributed by atoms with E-state index in [1.165, 1.54) is 30.7 Å². The Kier molecular flexibility index (Phi) is 6.18. The van der Waals surface area contributed by atoms with Crippen LogP contribution in [0.25, 0.3) is 0 Å². The maximum absolute atomic E-state index is 4.31. The number of nitrogens with one attached hydrogen (secondary N) is 2. The van der Waals surface area contributed by atoms with Crippen LogP contribution in [0.2, 0.25) is 0 Å². The van der Waals surface area contributed by atoms with Gasteiger partial charge < -0.3 is 15.5 Å². The zero-order chi connectivity index (χ0) is 14.2. The molecular formula is C15H26N4S. The molecule has 112 valence electrons. The molecule has 0 amide bonds. The van der Waals surface area contributed by atoms with Gasteiger partial charge in [-0.3, -0.25) is 4.99 Å². The van der Waals surface area contributed by atoms with E-state index in [4.69, 9.17) is 0 Å². The van der Waals surface area contributed by atoms with Gasteiger partial charge in [-0.1, -0.05) is 13.3 Å². The first-order chi connectivity index (χ1) is 9.83. The van der Waals surface area contributed by atoms with Gasteiger partial charge in [-0.25, -0.2) is 0 Å². The number of aliphatic imine (C=N–C) groups is 1. The van der Waals surface area contributed by atoms with E-state index >= 15 is 0 Å². The molecule has 0 aromatic carbocycles. The topological polar surface area (TPSA) is 39.7 Å². The fourth-order valence-electron chi connectivity index (χ4n) is 2.47. The molecule has 2 heterocycles. The van der Waals surface area contributed by atoms with Crippen LogP contribution in [0.4, 0.5) is 5.00 Å². The summed E-state index contributed by atoms with van der Waals surface area (Å²) < 4.78 is 0. The van der Waals surface area contributed by atoms with Gasteiger partial charge in [0.2, 0.25) is 0 Å². The highest BCUT2D eigenvalue weighted by atomic mass is 32.1. The molecule has 1 aliphatic heterocycles. The van der Waals surface area contributed by atoms with Crippen molar-refractivity contribution in [3.63, 3.8) is 0 Å². The van der Waals surface area contributed by atoms with Crippen LogP contribution in [0, 0.1) is 0 Å². The summed E-state index contributed by atoms with van der Waals surface area (Å²) in [4.78, 5) is 6.79. The Balaban J connectivity index is 1.73. The lowest BCUT2D eigenvalue weighted by Crippen LogP contribution is -2.48. The van der Waals surface area contributed by atoms with E-state index in [2.05, 4.69) is 45.0 Å². The molecule has 5 heteroatoms. The van der Waals surface area contributed by atoms with Crippen molar-refractivity contribution in [2.75, 3.05) is 31.6 Å². The van der Waals surface area contributed by atoms with Gasteiger partial charge in [-0.2, -0.15) is 0 Å². The Hall–Kier alpha value is -1.23. The molecule has 4 nitrogen and oxygen atoms in total. The van der Waals surface area contributed by atoms with Crippen LogP contribution in [-0.2, 0) is 0 Å². The van der Waals surface area contributed by atoms with Crippen molar-refractivity contribution >= 4 is 22.3 Å². The lowest BCUT2D eigenvalue weighted by Gasteiger charge is -2.33. The number of thiophene rings is 1. The molecule has 0 spiro atoms. The Morgan fingerprint density at radius 3 is 2.85 bits per heavy atom. The largest absolute Gasteiger partial charge is 0.363 e. The summed E-state index contributed by atoms with van der Waals surface area (Å²) >= 11 is 1.83. The number of hydrogen-bond donors (Lipinski definition) is 2. The van der Waals surface area contributed by atoms with Crippen molar-refractivity contribution in [1.82, 2.24) is 10.6 Å². The van der Waals surface area contributed by atoms with Crippen LogP contribution in [0.1, 0.15) is 32.6 Å². The molecule has 20 heavy (non-hydrogen) atoms.